The van der Waals surface area contributed by atoms with Gasteiger partial charge in [0.05, 0.1) is 27.1 Å². The minimum atomic E-state index is -5.14. The molecule has 2 N–H and O–H groups in total. The predicted molar refractivity (Wildman–Crippen MR) is 229 cm³/mol. The van der Waals surface area contributed by atoms with Crippen molar-refractivity contribution in [2.45, 2.75) is 36.0 Å². The van der Waals surface area contributed by atoms with E-state index in [-0.39, 0.29) is 39.6 Å². The van der Waals surface area contributed by atoms with Crippen LogP contribution in [0.15, 0.2) is 132 Å². The number of benzene rings is 5. The summed E-state index contributed by atoms with van der Waals surface area (Å²) in [6.45, 7) is 0.181. The van der Waals surface area contributed by atoms with Crippen LogP contribution in [0.5, 0.6) is 0 Å². The summed E-state index contributed by atoms with van der Waals surface area (Å²) in [7, 11) is -5.14. The molecule has 12 nitrogen and oxygen atoms in total. The molecule has 0 saturated heterocycles. The number of amidine groups is 4. The maximum atomic E-state index is 14.8. The third-order valence-corrected chi connectivity index (χ3v) is 16.2. The fourth-order valence-corrected chi connectivity index (χ4v) is 12.9. The first kappa shape index (κ1) is 45.5. The fraction of sp³-hybridized carbons (Fsp3) is 0.136. The van der Waals surface area contributed by atoms with E-state index >= 15 is 0 Å². The summed E-state index contributed by atoms with van der Waals surface area (Å²) in [6, 6.07) is 14.1. The van der Waals surface area contributed by atoms with Crippen molar-refractivity contribution < 1.29 is 64.3 Å². The van der Waals surface area contributed by atoms with E-state index < -0.39 is 134 Å². The van der Waals surface area contributed by atoms with E-state index in [0.29, 0.717) is 60.5 Å². The maximum absolute atomic E-state index is 14.8. The molecule has 0 atom stereocenters. The van der Waals surface area contributed by atoms with Gasteiger partial charge in [0.15, 0.2) is 23.3 Å². The Morgan fingerprint density at radius 1 is 0.471 bits per heavy atom. The summed E-state index contributed by atoms with van der Waals surface area (Å²) >= 11 is -4.76. The molecular formula is C44H22AlF12N9O3S. The standard InChI is InChI=1S/C36H12F12N8.C8H11NO3S.Al/c37-33(38,39)13-1-5-17-21(9-13)29-49-25(17)53-30-22-10-14(34(40,41)42)2-6-18(22)27(50-30)55-32-24-12-16(36(46,47)48)4-8-20(24)28(52-32)56-31-23-11-15(35(43,44)45)3-7-19(23)26(51-31)54-29;9-6-5-7-1-3-8(4-2-7)13(10,11)12;/h1-12H;1-4H,5-6,9H2,(H,10,11,12);/q-2;;+3/p-1. The number of hydrogen-bond acceptors (Lipinski definition) is 10. The van der Waals surface area contributed by atoms with Crippen molar-refractivity contribution in [2.24, 2.45) is 35.7 Å². The average molecular weight is 1010 g/mol. The monoisotopic (exact) mass is 1010 g/mol. The lowest BCUT2D eigenvalue weighted by atomic mass is 10.0. The number of nitrogens with two attached hydrogens (primary N) is 1. The topological polar surface area (TPSA) is 153 Å². The second-order valence-electron chi connectivity index (χ2n) is 16.1. The van der Waals surface area contributed by atoms with Gasteiger partial charge < -0.3 is 16.1 Å². The second-order valence-corrected chi connectivity index (χ2v) is 19.9. The van der Waals surface area contributed by atoms with Crippen LogP contribution in [0.4, 0.5) is 64.3 Å². The Hall–Kier alpha value is -6.98. The van der Waals surface area contributed by atoms with Gasteiger partial charge in [-0.15, -0.1) is 0 Å². The lowest BCUT2D eigenvalue weighted by Crippen LogP contribution is -2.49. The molecule has 4 aliphatic heterocycles. The quantitative estimate of drug-likeness (QED) is 0.135. The van der Waals surface area contributed by atoms with E-state index in [2.05, 4.69) is 30.0 Å². The molecule has 0 amide bonds. The number of hydrogen-bond donors (Lipinski definition) is 1. The summed E-state index contributed by atoms with van der Waals surface area (Å²) in [6.07, 6.45) is -19.7. The fourth-order valence-electron chi connectivity index (χ4n) is 8.54. The van der Waals surface area contributed by atoms with Crippen LogP contribution in [0.1, 0.15) is 50.1 Å². The van der Waals surface area contributed by atoms with Gasteiger partial charge in [-0.2, -0.15) is 61.1 Å². The van der Waals surface area contributed by atoms with E-state index in [1.165, 1.54) is 12.1 Å². The molecule has 0 unspecified atom stereocenters. The van der Waals surface area contributed by atoms with Gasteiger partial charge in [0.2, 0.25) is 0 Å². The highest BCUT2D eigenvalue weighted by atomic mass is 32.2. The third kappa shape index (κ3) is 7.34. The molecule has 4 aliphatic rings. The molecule has 0 aliphatic carbocycles. The first-order valence-electron chi connectivity index (χ1n) is 20.3. The van der Waals surface area contributed by atoms with Gasteiger partial charge >= 0.3 is 39.6 Å². The highest BCUT2D eigenvalue weighted by Gasteiger charge is 2.47. The Morgan fingerprint density at radius 3 is 1.43 bits per heavy atom. The van der Waals surface area contributed by atoms with E-state index in [4.69, 9.17) is 8.97 Å². The number of halogens is 12. The molecule has 5 aromatic carbocycles. The number of aromatic nitrogens is 2. The molecule has 0 fully saturated rings. The molecule has 70 heavy (non-hydrogen) atoms. The molecule has 2 aromatic heterocycles. The maximum Gasteiger partial charge on any atom is 0.825 e. The molecule has 26 heteroatoms. The number of nitrogens with zero attached hydrogens (tertiary/aromatic N) is 8. The van der Waals surface area contributed by atoms with Crippen molar-refractivity contribution in [3.05, 3.63) is 158 Å². The predicted octanol–water partition coefficient (Wildman–Crippen LogP) is 8.90. The zero-order valence-corrected chi connectivity index (χ0v) is 36.5. The first-order chi connectivity index (χ1) is 32.9. The first-order valence-corrected chi connectivity index (χ1v) is 23.2. The molecule has 7 aromatic rings. The van der Waals surface area contributed by atoms with Gasteiger partial charge in [-0.3, -0.25) is 0 Å². The van der Waals surface area contributed by atoms with Crippen molar-refractivity contribution >= 4 is 81.6 Å². The molecule has 6 bridgehead atoms. The summed E-state index contributed by atoms with van der Waals surface area (Å²) in [4.78, 5) is 26.8. The van der Waals surface area contributed by atoms with Gasteiger partial charge in [-0.1, -0.05) is 12.1 Å². The lowest BCUT2D eigenvalue weighted by molar-refractivity contribution is -0.138. The zero-order chi connectivity index (χ0) is 49.6. The van der Waals surface area contributed by atoms with E-state index in [1.807, 2.05) is 0 Å². The number of rotatable bonds is 5. The van der Waals surface area contributed by atoms with E-state index in [9.17, 15) is 61.1 Å². The molecule has 0 spiro atoms. The third-order valence-electron chi connectivity index (χ3n) is 11.8. The van der Waals surface area contributed by atoms with Crippen molar-refractivity contribution in [3.8, 4) is 0 Å². The largest absolute Gasteiger partial charge is 0.825 e. The van der Waals surface area contributed by atoms with Crippen molar-refractivity contribution in [3.63, 3.8) is 0 Å². The molecule has 11 rings (SSSR count). The van der Waals surface area contributed by atoms with Crippen LogP contribution in [0, 0.1) is 0 Å². The van der Waals surface area contributed by atoms with Crippen molar-refractivity contribution in [2.75, 3.05) is 6.54 Å². The SMILES string of the molecule is NCCc1ccc(S(=O)(=O)[O][Al]2[n]3c4c5cc(C(F)(F)F)ccc5c3N=C3N=C(N=c5c6cc(C(F)(F)F)ccc6c([n]52)=NC2=NC(=N4)c4ccc(C(F)(F)F)cc42)c2ccc(C(F)(F)F)cc23)cc1. The number of fused-ring (bicyclic) bond motifs is 14. The van der Waals surface area contributed by atoms with Crippen LogP contribution < -0.4 is 16.7 Å². The molecule has 0 radical (unpaired) electrons. The molecule has 354 valence electrons. The van der Waals surface area contributed by atoms with Crippen LogP contribution in [0.3, 0.4) is 0 Å². The van der Waals surface area contributed by atoms with Gasteiger partial charge in [-0.05, 0) is 103 Å². The van der Waals surface area contributed by atoms with Crippen LogP contribution in [-0.2, 0) is 44.5 Å². The zero-order valence-electron chi connectivity index (χ0n) is 34.6. The van der Waals surface area contributed by atoms with Gasteiger partial charge in [-0.25, -0.2) is 30.0 Å². The van der Waals surface area contributed by atoms with Gasteiger partial charge in [0.1, 0.15) is 22.6 Å². The molecular weight excluding hydrogens is 990 g/mol. The highest BCUT2D eigenvalue weighted by molar-refractivity contribution is 7.87. The minimum Gasteiger partial charge on any atom is -0.358 e. The van der Waals surface area contributed by atoms with E-state index in [1.54, 1.807) is 0 Å². The second kappa shape index (κ2) is 15.3. The number of aliphatic imine (C=N–C) groups is 4. The van der Waals surface area contributed by atoms with Crippen molar-refractivity contribution in [1.82, 2.24) is 7.10 Å². The summed E-state index contributed by atoms with van der Waals surface area (Å²) in [5, 5.41) is -1.43. The van der Waals surface area contributed by atoms with Crippen LogP contribution in [-0.4, -0.2) is 60.3 Å². The lowest BCUT2D eigenvalue weighted by Gasteiger charge is -2.19. The highest BCUT2D eigenvalue weighted by Crippen LogP contribution is 2.45. The Bertz CT molecular complexity index is 3850. The summed E-state index contributed by atoms with van der Waals surface area (Å²) in [5.41, 5.74) is -0.832. The molecule has 6 heterocycles. The Morgan fingerprint density at radius 2 is 0.900 bits per heavy atom. The smallest absolute Gasteiger partial charge is 0.358 e. The van der Waals surface area contributed by atoms with Crippen LogP contribution in [0.25, 0.3) is 21.5 Å². The van der Waals surface area contributed by atoms with Crippen molar-refractivity contribution in [1.29, 1.82) is 0 Å². The normalized spacial score (nSPS) is 15.5. The summed E-state index contributed by atoms with van der Waals surface area (Å²) in [5.74, 6) is -3.15. The Kier molecular flexibility index (Phi) is 9.91. The van der Waals surface area contributed by atoms with Gasteiger partial charge in [0, 0.05) is 43.8 Å². The molecule has 0 saturated carbocycles. The number of alkyl halides is 12. The van der Waals surface area contributed by atoms with Crippen LogP contribution >= 0.6 is 0 Å². The Balaban J connectivity index is 1.37. The minimum absolute atomic E-state index is 0.159. The van der Waals surface area contributed by atoms with E-state index in [0.717, 1.165) is 43.5 Å². The summed E-state index contributed by atoms with van der Waals surface area (Å²) < 4.78 is 212. The van der Waals surface area contributed by atoms with Crippen LogP contribution in [0.2, 0.25) is 0 Å². The van der Waals surface area contributed by atoms with Gasteiger partial charge in [0.25, 0.3) is 10.1 Å². The average Bonchev–Trinajstić information content (AvgIpc) is 3.99. The Labute approximate surface area is 388 Å².